The zero-order chi connectivity index (χ0) is 16.7. The Hall–Kier alpha value is -2.14. The van der Waals surface area contributed by atoms with Crippen molar-refractivity contribution in [1.82, 2.24) is 19.7 Å². The first-order valence-electron chi connectivity index (χ1n) is 8.38. The molecule has 124 valence electrons. The molecule has 1 aromatic carbocycles. The van der Waals surface area contributed by atoms with Crippen LogP contribution < -0.4 is 5.73 Å². The molecule has 0 atom stereocenters. The summed E-state index contributed by atoms with van der Waals surface area (Å²) in [4.78, 5) is 8.65. The van der Waals surface area contributed by atoms with Gasteiger partial charge in [-0.1, -0.05) is 30.7 Å². The maximum Gasteiger partial charge on any atom is 0.164 e. The van der Waals surface area contributed by atoms with E-state index < -0.39 is 0 Å². The summed E-state index contributed by atoms with van der Waals surface area (Å²) in [5, 5.41) is 6.42. The molecule has 0 aliphatic heterocycles. The average Bonchev–Trinajstić information content (AvgIpc) is 2.97. The SMILES string of the molecule is CC1CCC(n2nc(-c3ccc(Cl)cc3)c3c(N)ncnc32)CC1. The molecule has 0 saturated heterocycles. The van der Waals surface area contributed by atoms with Gasteiger partial charge in [0.05, 0.1) is 11.4 Å². The van der Waals surface area contributed by atoms with Crippen molar-refractivity contribution in [2.24, 2.45) is 5.92 Å². The van der Waals surface area contributed by atoms with Crippen LogP contribution in [0.5, 0.6) is 0 Å². The lowest BCUT2D eigenvalue weighted by Gasteiger charge is -2.26. The lowest BCUT2D eigenvalue weighted by Crippen LogP contribution is -2.18. The number of fused-ring (bicyclic) bond motifs is 1. The highest BCUT2D eigenvalue weighted by molar-refractivity contribution is 6.30. The largest absolute Gasteiger partial charge is 0.383 e. The first-order chi connectivity index (χ1) is 11.6. The molecule has 1 saturated carbocycles. The van der Waals surface area contributed by atoms with Gasteiger partial charge in [0.15, 0.2) is 5.65 Å². The molecule has 1 aliphatic rings. The lowest BCUT2D eigenvalue weighted by molar-refractivity contribution is 0.278. The van der Waals surface area contributed by atoms with Crippen molar-refractivity contribution < 1.29 is 0 Å². The number of halogens is 1. The minimum absolute atomic E-state index is 0.374. The van der Waals surface area contributed by atoms with Gasteiger partial charge in [0, 0.05) is 10.6 Å². The van der Waals surface area contributed by atoms with Gasteiger partial charge >= 0.3 is 0 Å². The lowest BCUT2D eigenvalue weighted by atomic mass is 9.87. The molecule has 0 bridgehead atoms. The van der Waals surface area contributed by atoms with Crippen LogP contribution in [0.25, 0.3) is 22.3 Å². The van der Waals surface area contributed by atoms with Gasteiger partial charge in [0.2, 0.25) is 0 Å². The number of hydrogen-bond acceptors (Lipinski definition) is 4. The van der Waals surface area contributed by atoms with Crippen LogP contribution in [0.1, 0.15) is 38.6 Å². The molecule has 2 aromatic heterocycles. The van der Waals surface area contributed by atoms with Crippen LogP contribution >= 0.6 is 11.6 Å². The number of hydrogen-bond donors (Lipinski definition) is 1. The van der Waals surface area contributed by atoms with Gasteiger partial charge in [-0.15, -0.1) is 0 Å². The number of nitrogens with two attached hydrogens (primary N) is 1. The summed E-state index contributed by atoms with van der Waals surface area (Å²) < 4.78 is 2.06. The minimum atomic E-state index is 0.374. The summed E-state index contributed by atoms with van der Waals surface area (Å²) in [6.07, 6.45) is 6.22. The summed E-state index contributed by atoms with van der Waals surface area (Å²) in [6.45, 7) is 2.32. The maximum atomic E-state index is 6.16. The number of nitrogens with zero attached hydrogens (tertiary/aromatic N) is 4. The average molecular weight is 342 g/mol. The Labute approximate surface area is 145 Å². The molecule has 0 unspecified atom stereocenters. The van der Waals surface area contributed by atoms with Crippen molar-refractivity contribution in [3.05, 3.63) is 35.6 Å². The quantitative estimate of drug-likeness (QED) is 0.746. The third-order valence-corrected chi connectivity index (χ3v) is 5.22. The molecule has 2 N–H and O–H groups in total. The van der Waals surface area contributed by atoms with Gasteiger partial charge in [-0.2, -0.15) is 5.10 Å². The van der Waals surface area contributed by atoms with E-state index in [1.165, 1.54) is 19.2 Å². The topological polar surface area (TPSA) is 69.6 Å². The van der Waals surface area contributed by atoms with Gasteiger partial charge in [-0.05, 0) is 43.7 Å². The fraction of sp³-hybridized carbons (Fsp3) is 0.389. The Bertz CT molecular complexity index is 863. The van der Waals surface area contributed by atoms with E-state index in [1.54, 1.807) is 0 Å². The van der Waals surface area contributed by atoms with E-state index in [0.29, 0.717) is 16.9 Å². The van der Waals surface area contributed by atoms with E-state index in [4.69, 9.17) is 22.4 Å². The second-order valence-electron chi connectivity index (χ2n) is 6.67. The second-order valence-corrected chi connectivity index (χ2v) is 7.11. The molecule has 24 heavy (non-hydrogen) atoms. The van der Waals surface area contributed by atoms with Gasteiger partial charge in [-0.3, -0.25) is 0 Å². The van der Waals surface area contributed by atoms with Crippen LogP contribution in [-0.4, -0.2) is 19.7 Å². The molecule has 0 radical (unpaired) electrons. The van der Waals surface area contributed by atoms with Crippen LogP contribution in [0, 0.1) is 5.92 Å². The van der Waals surface area contributed by atoms with E-state index in [1.807, 2.05) is 24.3 Å². The van der Waals surface area contributed by atoms with Crippen LogP contribution in [0.3, 0.4) is 0 Å². The number of rotatable bonds is 2. The predicted octanol–water partition coefficient (Wildman–Crippen LogP) is 4.48. The second kappa shape index (κ2) is 6.06. The highest BCUT2D eigenvalue weighted by Crippen LogP contribution is 2.37. The smallest absolute Gasteiger partial charge is 0.164 e. The zero-order valence-electron chi connectivity index (χ0n) is 13.6. The predicted molar refractivity (Wildman–Crippen MR) is 96.9 cm³/mol. The van der Waals surface area contributed by atoms with Crippen LogP contribution in [0.15, 0.2) is 30.6 Å². The normalized spacial score (nSPS) is 21.2. The van der Waals surface area contributed by atoms with Gasteiger partial charge in [-0.25, -0.2) is 14.6 Å². The monoisotopic (exact) mass is 341 g/mol. The van der Waals surface area contributed by atoms with E-state index >= 15 is 0 Å². The number of nitrogen functional groups attached to an aromatic ring is 1. The summed E-state index contributed by atoms with van der Waals surface area (Å²) in [5.41, 5.74) is 8.80. The summed E-state index contributed by atoms with van der Waals surface area (Å²) >= 11 is 6.01. The van der Waals surface area contributed by atoms with Crippen LogP contribution in [-0.2, 0) is 0 Å². The first kappa shape index (κ1) is 15.4. The molecule has 1 fully saturated rings. The molecule has 2 heterocycles. The fourth-order valence-corrected chi connectivity index (χ4v) is 3.67. The molecule has 6 heteroatoms. The van der Waals surface area contributed by atoms with Crippen molar-refractivity contribution in [2.75, 3.05) is 5.73 Å². The van der Waals surface area contributed by atoms with Crippen molar-refractivity contribution in [1.29, 1.82) is 0 Å². The van der Waals surface area contributed by atoms with Gasteiger partial charge < -0.3 is 5.73 Å². The summed E-state index contributed by atoms with van der Waals surface area (Å²) in [5.74, 6) is 1.26. The molecule has 5 nitrogen and oxygen atoms in total. The van der Waals surface area contributed by atoms with Gasteiger partial charge in [0.25, 0.3) is 0 Å². The Morgan fingerprint density at radius 1 is 1.08 bits per heavy atom. The van der Waals surface area contributed by atoms with Crippen molar-refractivity contribution in [2.45, 2.75) is 38.6 Å². The number of aromatic nitrogens is 4. The van der Waals surface area contributed by atoms with Gasteiger partial charge in [0.1, 0.15) is 17.8 Å². The zero-order valence-corrected chi connectivity index (χ0v) is 14.4. The molecule has 0 amide bonds. The number of anilines is 1. The molecular weight excluding hydrogens is 322 g/mol. The Balaban J connectivity index is 1.87. The first-order valence-corrected chi connectivity index (χ1v) is 8.76. The summed E-state index contributed by atoms with van der Waals surface area (Å²) in [7, 11) is 0. The molecular formula is C18H20ClN5. The van der Waals surface area contributed by atoms with E-state index in [-0.39, 0.29) is 0 Å². The van der Waals surface area contributed by atoms with Crippen LogP contribution in [0.4, 0.5) is 5.82 Å². The van der Waals surface area contributed by atoms with E-state index in [0.717, 1.165) is 41.1 Å². The third-order valence-electron chi connectivity index (χ3n) is 4.97. The van der Waals surface area contributed by atoms with E-state index in [9.17, 15) is 0 Å². The minimum Gasteiger partial charge on any atom is -0.383 e. The molecule has 4 rings (SSSR count). The summed E-state index contributed by atoms with van der Waals surface area (Å²) in [6, 6.07) is 8.03. The molecule has 1 aliphatic carbocycles. The van der Waals surface area contributed by atoms with Crippen LogP contribution in [0.2, 0.25) is 5.02 Å². The van der Waals surface area contributed by atoms with Crippen molar-refractivity contribution >= 4 is 28.5 Å². The molecule has 0 spiro atoms. The highest BCUT2D eigenvalue weighted by atomic mass is 35.5. The standard InChI is InChI=1S/C18H20ClN5/c1-11-2-8-14(9-3-11)24-18-15(17(20)21-10-22-18)16(23-24)12-4-6-13(19)7-5-12/h4-7,10-11,14H,2-3,8-9H2,1H3,(H2,20,21,22). The maximum absolute atomic E-state index is 6.16. The molecule has 3 aromatic rings. The fourth-order valence-electron chi connectivity index (χ4n) is 3.55. The van der Waals surface area contributed by atoms with Crippen molar-refractivity contribution in [3.8, 4) is 11.3 Å². The van der Waals surface area contributed by atoms with E-state index in [2.05, 4.69) is 21.6 Å². The third kappa shape index (κ3) is 2.63. The highest BCUT2D eigenvalue weighted by Gasteiger charge is 2.25. The Morgan fingerprint density at radius 2 is 1.79 bits per heavy atom. The van der Waals surface area contributed by atoms with Crippen molar-refractivity contribution in [3.63, 3.8) is 0 Å². The number of benzene rings is 1. The Morgan fingerprint density at radius 3 is 2.50 bits per heavy atom. The Kier molecular flexibility index (Phi) is 3.88.